The molecule has 0 aromatic carbocycles. The van der Waals surface area contributed by atoms with Crippen LogP contribution in [-0.4, -0.2) is 29.1 Å². The van der Waals surface area contributed by atoms with Crippen molar-refractivity contribution in [1.29, 1.82) is 0 Å². The van der Waals surface area contributed by atoms with E-state index < -0.39 is 23.6 Å². The van der Waals surface area contributed by atoms with Gasteiger partial charge in [0.15, 0.2) is 0 Å². The number of anilines is 1. The summed E-state index contributed by atoms with van der Waals surface area (Å²) in [6, 6.07) is 0.997. The molecule has 7 heteroatoms. The lowest BCUT2D eigenvalue weighted by atomic mass is 10.1. The van der Waals surface area contributed by atoms with Crippen molar-refractivity contribution >= 4 is 11.7 Å². The summed E-state index contributed by atoms with van der Waals surface area (Å²) in [6.45, 7) is 0.651. The monoisotopic (exact) mass is 260 g/mol. The summed E-state index contributed by atoms with van der Waals surface area (Å²) in [5, 5.41) is 8.84. The number of pyridine rings is 1. The molecule has 1 unspecified atom stereocenters. The standard InChI is InChI=1S/C11H11F3N2O2/c12-11(13,14)8-3-9(5-15-4-8)16-2-1-7(6-16)10(17)18/h3-5,7H,1-2,6H2,(H,17,18). The Morgan fingerprint density at radius 2 is 2.17 bits per heavy atom. The Morgan fingerprint density at radius 1 is 1.44 bits per heavy atom. The van der Waals surface area contributed by atoms with Gasteiger partial charge in [-0.25, -0.2) is 0 Å². The smallest absolute Gasteiger partial charge is 0.417 e. The number of alkyl halides is 3. The third-order valence-corrected chi connectivity index (χ3v) is 2.95. The number of hydrogen-bond donors (Lipinski definition) is 1. The minimum Gasteiger partial charge on any atom is -0.481 e. The Balaban J connectivity index is 2.18. The molecule has 0 saturated carbocycles. The van der Waals surface area contributed by atoms with Crippen LogP contribution < -0.4 is 4.90 Å². The fourth-order valence-electron chi connectivity index (χ4n) is 1.95. The molecule has 1 aromatic rings. The molecule has 0 amide bonds. The molecule has 1 saturated heterocycles. The topological polar surface area (TPSA) is 53.4 Å². The van der Waals surface area contributed by atoms with Crippen LogP contribution in [0.1, 0.15) is 12.0 Å². The molecular formula is C11H11F3N2O2. The van der Waals surface area contributed by atoms with E-state index in [1.54, 1.807) is 4.90 Å². The average Bonchev–Trinajstić information content (AvgIpc) is 2.77. The second kappa shape index (κ2) is 4.47. The van der Waals surface area contributed by atoms with Gasteiger partial charge in [0.2, 0.25) is 0 Å². The Kier molecular flexibility index (Phi) is 3.14. The zero-order chi connectivity index (χ0) is 13.3. The molecule has 18 heavy (non-hydrogen) atoms. The highest BCUT2D eigenvalue weighted by atomic mass is 19.4. The van der Waals surface area contributed by atoms with Crippen LogP contribution in [0.5, 0.6) is 0 Å². The lowest BCUT2D eigenvalue weighted by Crippen LogP contribution is -2.23. The molecule has 98 valence electrons. The van der Waals surface area contributed by atoms with Gasteiger partial charge in [-0.3, -0.25) is 9.78 Å². The van der Waals surface area contributed by atoms with E-state index in [4.69, 9.17) is 5.11 Å². The van der Waals surface area contributed by atoms with Gasteiger partial charge in [0, 0.05) is 19.3 Å². The highest BCUT2D eigenvalue weighted by Crippen LogP contribution is 2.32. The minimum atomic E-state index is -4.44. The van der Waals surface area contributed by atoms with Crippen molar-refractivity contribution in [3.63, 3.8) is 0 Å². The summed E-state index contributed by atoms with van der Waals surface area (Å²) in [4.78, 5) is 16.0. The number of halogens is 3. The summed E-state index contributed by atoms with van der Waals surface area (Å²) < 4.78 is 37.5. The first-order chi connectivity index (χ1) is 8.38. The number of rotatable bonds is 2. The zero-order valence-electron chi connectivity index (χ0n) is 9.31. The maximum Gasteiger partial charge on any atom is 0.417 e. The van der Waals surface area contributed by atoms with E-state index in [1.165, 1.54) is 6.20 Å². The molecule has 1 fully saturated rings. The van der Waals surface area contributed by atoms with Crippen LogP contribution >= 0.6 is 0 Å². The molecule has 4 nitrogen and oxygen atoms in total. The number of nitrogens with zero attached hydrogens (tertiary/aromatic N) is 2. The first kappa shape index (κ1) is 12.7. The van der Waals surface area contributed by atoms with Gasteiger partial charge in [-0.2, -0.15) is 13.2 Å². The zero-order valence-corrected chi connectivity index (χ0v) is 9.31. The van der Waals surface area contributed by atoms with E-state index >= 15 is 0 Å². The maximum absolute atomic E-state index is 12.5. The van der Waals surface area contributed by atoms with Gasteiger partial charge in [-0.15, -0.1) is 0 Å². The van der Waals surface area contributed by atoms with Gasteiger partial charge in [0.1, 0.15) is 0 Å². The van der Waals surface area contributed by atoms with Gasteiger partial charge in [0.25, 0.3) is 0 Å². The largest absolute Gasteiger partial charge is 0.481 e. The van der Waals surface area contributed by atoms with E-state index in [1.807, 2.05) is 0 Å². The van der Waals surface area contributed by atoms with Crippen molar-refractivity contribution < 1.29 is 23.1 Å². The minimum absolute atomic E-state index is 0.221. The summed E-state index contributed by atoms with van der Waals surface area (Å²) in [7, 11) is 0. The van der Waals surface area contributed by atoms with Gasteiger partial charge in [0.05, 0.1) is 23.4 Å². The highest BCUT2D eigenvalue weighted by molar-refractivity contribution is 5.72. The molecular weight excluding hydrogens is 249 g/mol. The fraction of sp³-hybridized carbons (Fsp3) is 0.455. The molecule has 0 aliphatic carbocycles. The molecule has 0 radical (unpaired) electrons. The molecule has 2 heterocycles. The van der Waals surface area contributed by atoms with Crippen LogP contribution in [0.2, 0.25) is 0 Å². The SMILES string of the molecule is O=C(O)C1CCN(c2cncc(C(F)(F)F)c2)C1. The molecule has 0 bridgehead atoms. The first-order valence-electron chi connectivity index (χ1n) is 5.38. The van der Waals surface area contributed by atoms with E-state index in [0.717, 1.165) is 12.3 Å². The summed E-state index contributed by atoms with van der Waals surface area (Å²) in [5.74, 6) is -1.45. The summed E-state index contributed by atoms with van der Waals surface area (Å²) in [6.07, 6.45) is -1.92. The van der Waals surface area contributed by atoms with Crippen molar-refractivity contribution in [2.75, 3.05) is 18.0 Å². The average molecular weight is 260 g/mol. The van der Waals surface area contributed by atoms with Crippen molar-refractivity contribution in [2.45, 2.75) is 12.6 Å². The van der Waals surface area contributed by atoms with E-state index in [-0.39, 0.29) is 6.54 Å². The van der Waals surface area contributed by atoms with Crippen molar-refractivity contribution in [3.05, 3.63) is 24.0 Å². The normalized spacial score (nSPS) is 20.2. The van der Waals surface area contributed by atoms with Crippen LogP contribution in [0, 0.1) is 5.92 Å². The summed E-state index contributed by atoms with van der Waals surface area (Å²) >= 11 is 0. The van der Waals surface area contributed by atoms with Gasteiger partial charge in [-0.1, -0.05) is 0 Å². The lowest BCUT2D eigenvalue weighted by molar-refractivity contribution is -0.141. The lowest BCUT2D eigenvalue weighted by Gasteiger charge is -2.18. The molecule has 1 N–H and O–H groups in total. The van der Waals surface area contributed by atoms with E-state index in [2.05, 4.69) is 4.98 Å². The van der Waals surface area contributed by atoms with Crippen molar-refractivity contribution in [3.8, 4) is 0 Å². The third-order valence-electron chi connectivity index (χ3n) is 2.95. The third kappa shape index (κ3) is 2.55. The van der Waals surface area contributed by atoms with Crippen molar-refractivity contribution in [1.82, 2.24) is 4.98 Å². The van der Waals surface area contributed by atoms with Crippen LogP contribution in [0.3, 0.4) is 0 Å². The molecule has 1 atom stereocenters. The predicted molar refractivity (Wildman–Crippen MR) is 57.2 cm³/mol. The maximum atomic E-state index is 12.5. The molecule has 1 aromatic heterocycles. The quantitative estimate of drug-likeness (QED) is 0.883. The predicted octanol–water partition coefficient (Wildman–Crippen LogP) is 2.01. The van der Waals surface area contributed by atoms with E-state index in [9.17, 15) is 18.0 Å². The first-order valence-corrected chi connectivity index (χ1v) is 5.38. The number of aliphatic carboxylic acids is 1. The van der Waals surface area contributed by atoms with Crippen LogP contribution in [0.4, 0.5) is 18.9 Å². The van der Waals surface area contributed by atoms with Crippen LogP contribution in [-0.2, 0) is 11.0 Å². The number of carboxylic acids is 1. The number of carbonyl (C=O) groups is 1. The Morgan fingerprint density at radius 3 is 2.72 bits per heavy atom. The van der Waals surface area contributed by atoms with Crippen molar-refractivity contribution in [2.24, 2.45) is 5.92 Å². The number of hydrogen-bond acceptors (Lipinski definition) is 3. The number of aromatic nitrogens is 1. The summed E-state index contributed by atoms with van der Waals surface area (Å²) in [5.41, 5.74) is -0.507. The second-order valence-corrected chi connectivity index (χ2v) is 4.20. The van der Waals surface area contributed by atoms with Crippen LogP contribution in [0.15, 0.2) is 18.5 Å². The molecule has 2 rings (SSSR count). The highest BCUT2D eigenvalue weighted by Gasteiger charge is 2.33. The van der Waals surface area contributed by atoms with Crippen LogP contribution in [0.25, 0.3) is 0 Å². The Bertz CT molecular complexity index is 462. The van der Waals surface area contributed by atoms with E-state index in [0.29, 0.717) is 18.7 Å². The molecule has 1 aliphatic heterocycles. The van der Waals surface area contributed by atoms with Gasteiger partial charge >= 0.3 is 12.1 Å². The van der Waals surface area contributed by atoms with Gasteiger partial charge < -0.3 is 10.0 Å². The molecule has 1 aliphatic rings. The number of carboxylic acid groups (broad SMARTS) is 1. The Hall–Kier alpha value is -1.79. The van der Waals surface area contributed by atoms with Gasteiger partial charge in [-0.05, 0) is 12.5 Å². The second-order valence-electron chi connectivity index (χ2n) is 4.20. The fourth-order valence-corrected chi connectivity index (χ4v) is 1.95. The Labute approximate surface area is 101 Å². The molecule has 0 spiro atoms.